The molecule has 0 spiro atoms. The van der Waals surface area contributed by atoms with E-state index >= 15 is 0 Å². The highest BCUT2D eigenvalue weighted by molar-refractivity contribution is 7.12. The first-order chi connectivity index (χ1) is 9.70. The second-order valence-electron chi connectivity index (χ2n) is 4.88. The molecule has 1 aliphatic rings. The molecular formula is C15H19NO3S. The van der Waals surface area contributed by atoms with Gasteiger partial charge < -0.3 is 4.74 Å². The standard InChI is InChI=1S/C15H19NO3S/c1-2-19-15(18)12-10-20-14(16-12)13(17)9-8-11-6-4-3-5-7-11/h8-11H,2-7H2,1H3/b9-8+. The van der Waals surface area contributed by atoms with Gasteiger partial charge in [-0.15, -0.1) is 11.3 Å². The van der Waals surface area contributed by atoms with Gasteiger partial charge in [0.25, 0.3) is 0 Å². The Bertz CT molecular complexity index is 501. The van der Waals surface area contributed by atoms with Crippen molar-refractivity contribution in [2.24, 2.45) is 5.92 Å². The van der Waals surface area contributed by atoms with E-state index in [9.17, 15) is 9.59 Å². The summed E-state index contributed by atoms with van der Waals surface area (Å²) in [6.07, 6.45) is 9.71. The van der Waals surface area contributed by atoms with E-state index in [1.165, 1.54) is 30.6 Å². The highest BCUT2D eigenvalue weighted by Crippen LogP contribution is 2.24. The van der Waals surface area contributed by atoms with Crippen LogP contribution < -0.4 is 0 Å². The predicted octanol–water partition coefficient (Wildman–Crippen LogP) is 3.64. The lowest BCUT2D eigenvalue weighted by Gasteiger charge is -2.17. The quantitative estimate of drug-likeness (QED) is 0.472. The summed E-state index contributed by atoms with van der Waals surface area (Å²) in [6, 6.07) is 0. The fraction of sp³-hybridized carbons (Fsp3) is 0.533. The molecule has 5 heteroatoms. The zero-order valence-electron chi connectivity index (χ0n) is 11.6. The molecule has 1 saturated carbocycles. The number of allylic oxidation sites excluding steroid dienone is 2. The number of carbonyl (C=O) groups excluding carboxylic acids is 2. The second-order valence-corrected chi connectivity index (χ2v) is 5.74. The van der Waals surface area contributed by atoms with Gasteiger partial charge in [-0.1, -0.05) is 25.3 Å². The Morgan fingerprint density at radius 1 is 1.40 bits per heavy atom. The van der Waals surface area contributed by atoms with Gasteiger partial charge in [0.2, 0.25) is 5.78 Å². The number of carbonyl (C=O) groups is 2. The van der Waals surface area contributed by atoms with E-state index in [1.54, 1.807) is 18.4 Å². The van der Waals surface area contributed by atoms with Gasteiger partial charge in [0.05, 0.1) is 6.61 Å². The third-order valence-electron chi connectivity index (χ3n) is 3.37. The number of rotatable bonds is 5. The molecule has 0 saturated heterocycles. The van der Waals surface area contributed by atoms with E-state index in [0.29, 0.717) is 17.5 Å². The Kier molecular flexibility index (Phi) is 5.47. The molecule has 0 unspecified atom stereocenters. The van der Waals surface area contributed by atoms with Crippen molar-refractivity contribution in [3.05, 3.63) is 28.2 Å². The lowest BCUT2D eigenvalue weighted by Crippen LogP contribution is -2.06. The summed E-state index contributed by atoms with van der Waals surface area (Å²) in [4.78, 5) is 27.5. The van der Waals surface area contributed by atoms with Crippen molar-refractivity contribution in [2.45, 2.75) is 39.0 Å². The highest BCUT2D eigenvalue weighted by atomic mass is 32.1. The van der Waals surface area contributed by atoms with Crippen molar-refractivity contribution in [3.63, 3.8) is 0 Å². The van der Waals surface area contributed by atoms with Crippen molar-refractivity contribution < 1.29 is 14.3 Å². The molecule has 20 heavy (non-hydrogen) atoms. The maximum Gasteiger partial charge on any atom is 0.357 e. The summed E-state index contributed by atoms with van der Waals surface area (Å²) >= 11 is 1.19. The number of hydrogen-bond donors (Lipinski definition) is 0. The van der Waals surface area contributed by atoms with E-state index in [-0.39, 0.29) is 11.5 Å². The lowest BCUT2D eigenvalue weighted by molar-refractivity contribution is 0.0520. The molecule has 0 amide bonds. The van der Waals surface area contributed by atoms with Crippen LogP contribution in [0.1, 0.15) is 59.3 Å². The molecule has 1 fully saturated rings. The van der Waals surface area contributed by atoms with Crippen molar-refractivity contribution in [1.82, 2.24) is 4.98 Å². The smallest absolute Gasteiger partial charge is 0.357 e. The summed E-state index contributed by atoms with van der Waals surface area (Å²) in [5.74, 6) is -0.0904. The van der Waals surface area contributed by atoms with Crippen LogP contribution >= 0.6 is 11.3 Å². The number of hydrogen-bond acceptors (Lipinski definition) is 5. The van der Waals surface area contributed by atoms with Crippen LogP contribution in [0.25, 0.3) is 0 Å². The molecule has 0 N–H and O–H groups in total. The highest BCUT2D eigenvalue weighted by Gasteiger charge is 2.15. The van der Waals surface area contributed by atoms with E-state index in [0.717, 1.165) is 12.8 Å². The number of ketones is 1. The van der Waals surface area contributed by atoms with Crippen LogP contribution in [0, 0.1) is 5.92 Å². The van der Waals surface area contributed by atoms with Crippen LogP contribution in [0.15, 0.2) is 17.5 Å². The average Bonchev–Trinajstić information content (AvgIpc) is 2.96. The van der Waals surface area contributed by atoms with Gasteiger partial charge in [0, 0.05) is 5.38 Å². The molecule has 1 heterocycles. The largest absolute Gasteiger partial charge is 0.461 e. The SMILES string of the molecule is CCOC(=O)c1csc(C(=O)/C=C/C2CCCCC2)n1. The molecule has 0 radical (unpaired) electrons. The molecule has 1 aromatic rings. The van der Waals surface area contributed by atoms with Crippen molar-refractivity contribution in [2.75, 3.05) is 6.61 Å². The average molecular weight is 293 g/mol. The summed E-state index contributed by atoms with van der Waals surface area (Å²) in [7, 11) is 0. The van der Waals surface area contributed by atoms with E-state index in [2.05, 4.69) is 4.98 Å². The second kappa shape index (κ2) is 7.33. The van der Waals surface area contributed by atoms with Crippen molar-refractivity contribution >= 4 is 23.1 Å². The van der Waals surface area contributed by atoms with Crippen LogP contribution in [0.3, 0.4) is 0 Å². The Morgan fingerprint density at radius 3 is 2.85 bits per heavy atom. The molecule has 0 bridgehead atoms. The molecular weight excluding hydrogens is 274 g/mol. The van der Waals surface area contributed by atoms with Crippen LogP contribution in [0.4, 0.5) is 0 Å². The van der Waals surface area contributed by atoms with Crippen LogP contribution in [0.5, 0.6) is 0 Å². The molecule has 0 aromatic carbocycles. The first-order valence-electron chi connectivity index (χ1n) is 7.06. The van der Waals surface area contributed by atoms with Gasteiger partial charge >= 0.3 is 5.97 Å². The minimum atomic E-state index is -0.473. The molecule has 2 rings (SSSR count). The summed E-state index contributed by atoms with van der Waals surface area (Å²) in [5.41, 5.74) is 0.214. The first kappa shape index (κ1) is 14.9. The Hall–Kier alpha value is -1.49. The summed E-state index contributed by atoms with van der Waals surface area (Å²) in [6.45, 7) is 2.05. The fourth-order valence-corrected chi connectivity index (χ4v) is 3.01. The zero-order chi connectivity index (χ0) is 14.4. The zero-order valence-corrected chi connectivity index (χ0v) is 12.4. The van der Waals surface area contributed by atoms with Gasteiger partial charge in [-0.05, 0) is 31.8 Å². The maximum atomic E-state index is 12.0. The van der Waals surface area contributed by atoms with Gasteiger partial charge in [-0.2, -0.15) is 0 Å². The third-order valence-corrected chi connectivity index (χ3v) is 4.23. The van der Waals surface area contributed by atoms with Crippen LogP contribution in [0.2, 0.25) is 0 Å². The van der Waals surface area contributed by atoms with E-state index < -0.39 is 5.97 Å². The van der Waals surface area contributed by atoms with E-state index in [4.69, 9.17) is 4.74 Å². The lowest BCUT2D eigenvalue weighted by atomic mass is 9.89. The van der Waals surface area contributed by atoms with Gasteiger partial charge in [0.1, 0.15) is 0 Å². The minimum Gasteiger partial charge on any atom is -0.461 e. The summed E-state index contributed by atoms with van der Waals surface area (Å²) in [5, 5.41) is 1.92. The number of nitrogens with zero attached hydrogens (tertiary/aromatic N) is 1. The molecule has 4 nitrogen and oxygen atoms in total. The number of esters is 1. The Morgan fingerprint density at radius 2 is 2.15 bits per heavy atom. The molecule has 0 aliphatic heterocycles. The van der Waals surface area contributed by atoms with Gasteiger partial charge in [0.15, 0.2) is 10.7 Å². The maximum absolute atomic E-state index is 12.0. The molecule has 1 aromatic heterocycles. The van der Waals surface area contributed by atoms with E-state index in [1.807, 2.05) is 6.08 Å². The van der Waals surface area contributed by atoms with Gasteiger partial charge in [-0.25, -0.2) is 9.78 Å². The topological polar surface area (TPSA) is 56.3 Å². The fourth-order valence-electron chi connectivity index (χ4n) is 2.31. The Labute approximate surface area is 122 Å². The number of thiazole rings is 1. The third kappa shape index (κ3) is 4.00. The molecule has 0 atom stereocenters. The number of ether oxygens (including phenoxy) is 1. The minimum absolute atomic E-state index is 0.129. The molecule has 108 valence electrons. The monoisotopic (exact) mass is 293 g/mol. The Balaban J connectivity index is 1.95. The van der Waals surface area contributed by atoms with Crippen molar-refractivity contribution in [1.29, 1.82) is 0 Å². The van der Waals surface area contributed by atoms with Crippen molar-refractivity contribution in [3.8, 4) is 0 Å². The van der Waals surface area contributed by atoms with Crippen LogP contribution in [-0.2, 0) is 4.74 Å². The summed E-state index contributed by atoms with van der Waals surface area (Å²) < 4.78 is 4.85. The first-order valence-corrected chi connectivity index (χ1v) is 7.94. The predicted molar refractivity (Wildman–Crippen MR) is 78.1 cm³/mol. The number of aromatic nitrogens is 1. The van der Waals surface area contributed by atoms with Crippen LogP contribution in [-0.4, -0.2) is 23.3 Å². The molecule has 1 aliphatic carbocycles. The normalized spacial score (nSPS) is 16.4. The van der Waals surface area contributed by atoms with Gasteiger partial charge in [-0.3, -0.25) is 4.79 Å².